The molecule has 4 fully saturated rings. The molecule has 58 heavy (non-hydrogen) atoms. The molecule has 0 radical (unpaired) electrons. The average molecular weight is 806 g/mol. The van der Waals surface area contributed by atoms with Gasteiger partial charge in [0.1, 0.15) is 29.8 Å². The first kappa shape index (κ1) is 39.8. The van der Waals surface area contributed by atoms with Gasteiger partial charge < -0.3 is 25.2 Å². The van der Waals surface area contributed by atoms with E-state index in [1.165, 1.54) is 10.5 Å². The molecule has 0 spiro atoms. The van der Waals surface area contributed by atoms with Crippen LogP contribution in [0.15, 0.2) is 54.7 Å². The van der Waals surface area contributed by atoms with Crippen LogP contribution in [0.4, 0.5) is 5.82 Å². The van der Waals surface area contributed by atoms with Gasteiger partial charge in [0, 0.05) is 61.3 Å². The fourth-order valence-corrected chi connectivity index (χ4v) is 11.2. The van der Waals surface area contributed by atoms with Crippen LogP contribution in [0.2, 0.25) is 5.02 Å². The van der Waals surface area contributed by atoms with Gasteiger partial charge in [-0.15, -0.1) is 0 Å². The van der Waals surface area contributed by atoms with Crippen LogP contribution in [0.25, 0.3) is 0 Å². The van der Waals surface area contributed by atoms with Crippen molar-refractivity contribution in [2.45, 2.75) is 96.9 Å². The summed E-state index contributed by atoms with van der Waals surface area (Å²) in [6.07, 6.45) is 6.00. The van der Waals surface area contributed by atoms with Gasteiger partial charge in [-0.25, -0.2) is 4.98 Å². The van der Waals surface area contributed by atoms with E-state index < -0.39 is 28.8 Å². The summed E-state index contributed by atoms with van der Waals surface area (Å²) in [7, 11) is 0. The number of benzene rings is 2. The van der Waals surface area contributed by atoms with Crippen molar-refractivity contribution < 1.29 is 23.9 Å². The van der Waals surface area contributed by atoms with Crippen LogP contribution in [0, 0.1) is 28.1 Å². The monoisotopic (exact) mass is 805 g/mol. The number of halogens is 1. The van der Waals surface area contributed by atoms with E-state index in [4.69, 9.17) is 22.1 Å². The Kier molecular flexibility index (Phi) is 10.5. The van der Waals surface area contributed by atoms with Crippen molar-refractivity contribution in [1.29, 1.82) is 5.26 Å². The van der Waals surface area contributed by atoms with Gasteiger partial charge in [-0.1, -0.05) is 51.4 Å². The van der Waals surface area contributed by atoms with Crippen LogP contribution < -0.4 is 15.4 Å². The number of carbonyl (C=O) groups is 4. The number of hydrogen-bond acceptors (Lipinski definition) is 9. The molecule has 4 amide bonds. The maximum atomic E-state index is 14.4. The molecule has 1 saturated carbocycles. The van der Waals surface area contributed by atoms with Gasteiger partial charge in [-0.3, -0.25) is 24.1 Å². The molecule has 3 aromatic rings. The van der Waals surface area contributed by atoms with Crippen LogP contribution in [-0.2, 0) is 16.1 Å². The fraction of sp³-hybridized carbons (Fsp3) is 0.511. The van der Waals surface area contributed by atoms with Gasteiger partial charge in [0.2, 0.25) is 11.8 Å². The number of pyridine rings is 1. The summed E-state index contributed by atoms with van der Waals surface area (Å²) in [5.41, 5.74) is 7.79. The maximum Gasteiger partial charge on any atom is 0.255 e. The number of fused-ring (bicyclic) bond motifs is 1. The number of ether oxygens (including phenoxy) is 1. The lowest BCUT2D eigenvalue weighted by Crippen LogP contribution is -2.77. The lowest BCUT2D eigenvalue weighted by atomic mass is 9.48. The summed E-state index contributed by atoms with van der Waals surface area (Å²) >= 11 is 6.29. The molecule has 1 unspecified atom stereocenters. The molecule has 2 N–H and O–H groups in total. The van der Waals surface area contributed by atoms with E-state index in [9.17, 15) is 24.4 Å². The Morgan fingerprint density at radius 3 is 2.31 bits per heavy atom. The second-order valence-electron chi connectivity index (χ2n) is 18.1. The number of nitrogens with zero attached hydrogens (tertiary/aromatic N) is 6. The number of likely N-dealkylation sites (tertiary alicyclic amines) is 2. The van der Waals surface area contributed by atoms with Crippen LogP contribution in [0.5, 0.6) is 5.75 Å². The SMILES string of the molecule is CC1(C)C(Oc2ccc(C#N)c(Cl)c2)C(C)(C)C1N1C(=O)CCC(N2Cc3cc(C4CCN(CC5CCN(c6ccc(C(N)=O)cn6)CC5)CC4)ccc3C2=O)C1=O. The van der Waals surface area contributed by atoms with E-state index in [1.807, 2.05) is 39.8 Å². The Balaban J connectivity index is 0.866. The number of rotatable bonds is 9. The molecule has 0 bridgehead atoms. The zero-order valence-electron chi connectivity index (χ0n) is 33.7. The van der Waals surface area contributed by atoms with E-state index in [1.54, 1.807) is 35.4 Å². The summed E-state index contributed by atoms with van der Waals surface area (Å²) in [6.45, 7) is 13.4. The molecule has 13 heteroatoms. The van der Waals surface area contributed by atoms with E-state index in [0.717, 1.165) is 69.8 Å². The van der Waals surface area contributed by atoms with E-state index >= 15 is 0 Å². The summed E-state index contributed by atoms with van der Waals surface area (Å²) in [5, 5.41) is 9.59. The first-order valence-electron chi connectivity index (χ1n) is 20.6. The smallest absolute Gasteiger partial charge is 0.255 e. The van der Waals surface area contributed by atoms with Gasteiger partial charge in [0.05, 0.1) is 22.2 Å². The van der Waals surface area contributed by atoms with Crippen molar-refractivity contribution in [3.63, 3.8) is 0 Å². The molecule has 304 valence electrons. The largest absolute Gasteiger partial charge is 0.489 e. The molecule has 8 rings (SSSR count). The molecule has 4 aliphatic heterocycles. The highest BCUT2D eigenvalue weighted by Crippen LogP contribution is 2.58. The molecule has 1 atom stereocenters. The normalized spacial score (nSPS) is 25.0. The number of amides is 4. The number of hydrogen-bond donors (Lipinski definition) is 1. The molecule has 1 aliphatic carbocycles. The summed E-state index contributed by atoms with van der Waals surface area (Å²) < 4.78 is 6.44. The number of carbonyl (C=O) groups excluding carboxylic acids is 4. The Hall–Kier alpha value is -4.99. The van der Waals surface area contributed by atoms with Gasteiger partial charge in [-0.2, -0.15) is 5.26 Å². The minimum absolute atomic E-state index is 0.153. The highest BCUT2D eigenvalue weighted by atomic mass is 35.5. The third-order valence-corrected chi connectivity index (χ3v) is 14.0. The molecule has 5 aliphatic rings. The third-order valence-electron chi connectivity index (χ3n) is 13.6. The van der Waals surface area contributed by atoms with E-state index in [-0.39, 0.29) is 30.2 Å². The van der Waals surface area contributed by atoms with Gasteiger partial charge in [0.15, 0.2) is 0 Å². The van der Waals surface area contributed by atoms with Crippen molar-refractivity contribution in [1.82, 2.24) is 19.7 Å². The van der Waals surface area contributed by atoms with Crippen LogP contribution in [0.1, 0.15) is 110 Å². The highest BCUT2D eigenvalue weighted by Gasteiger charge is 2.68. The van der Waals surface area contributed by atoms with Crippen molar-refractivity contribution in [2.75, 3.05) is 37.6 Å². The van der Waals surface area contributed by atoms with E-state index in [2.05, 4.69) is 33.0 Å². The highest BCUT2D eigenvalue weighted by molar-refractivity contribution is 6.31. The summed E-state index contributed by atoms with van der Waals surface area (Å²) in [4.78, 5) is 65.8. The minimum atomic E-state index is -0.723. The molecule has 12 nitrogen and oxygen atoms in total. The number of primary amides is 1. The number of nitrogens with two attached hydrogens (primary N) is 1. The molecule has 3 saturated heterocycles. The first-order valence-corrected chi connectivity index (χ1v) is 20.9. The Morgan fingerprint density at radius 2 is 1.67 bits per heavy atom. The van der Waals surface area contributed by atoms with Crippen LogP contribution >= 0.6 is 11.6 Å². The molecule has 2 aromatic carbocycles. The zero-order chi connectivity index (χ0) is 41.1. The number of imide groups is 1. The molecule has 1 aromatic heterocycles. The van der Waals surface area contributed by atoms with Crippen molar-refractivity contribution in [2.24, 2.45) is 22.5 Å². The lowest BCUT2D eigenvalue weighted by Gasteiger charge is -2.66. The standard InChI is InChI=1S/C45H52ClN7O5/c1-44(2)42(45(3,4)43(44)58-33-8-5-30(23-47)35(46)22-33)53-38(54)12-10-36(41(53)57)52-26-32-21-29(6-9-34(32)40(52)56)28-15-17-50(18-16-28)25-27-13-19-51(20-14-27)37-11-7-31(24-49-37)39(48)55/h5-9,11,21-22,24,27-28,36,42-43H,10,12-20,25-26H2,1-4H3,(H2,48,55). The number of anilines is 1. The lowest BCUT2D eigenvalue weighted by molar-refractivity contribution is -0.216. The maximum absolute atomic E-state index is 14.4. The topological polar surface area (TPSA) is 153 Å². The fourth-order valence-electron chi connectivity index (χ4n) is 11.0. The van der Waals surface area contributed by atoms with Gasteiger partial charge >= 0.3 is 0 Å². The molecular weight excluding hydrogens is 754 g/mol. The van der Waals surface area contributed by atoms with Crippen LogP contribution in [0.3, 0.4) is 0 Å². The zero-order valence-corrected chi connectivity index (χ0v) is 34.5. The molecule has 5 heterocycles. The number of aromatic nitrogens is 1. The second-order valence-corrected chi connectivity index (χ2v) is 18.5. The van der Waals surface area contributed by atoms with Crippen molar-refractivity contribution >= 4 is 41.0 Å². The Labute approximate surface area is 345 Å². The van der Waals surface area contributed by atoms with Gasteiger partial charge in [-0.05, 0) is 98.5 Å². The van der Waals surface area contributed by atoms with Crippen molar-refractivity contribution in [3.8, 4) is 11.8 Å². The van der Waals surface area contributed by atoms with Crippen LogP contribution in [-0.4, -0.2) is 94.2 Å². The van der Waals surface area contributed by atoms with Gasteiger partial charge in [0.25, 0.3) is 11.8 Å². The predicted octanol–water partition coefficient (Wildman–Crippen LogP) is 6.16. The summed E-state index contributed by atoms with van der Waals surface area (Å²) in [5.74, 6) is 1.29. The Bertz CT molecular complexity index is 2150. The first-order chi connectivity index (χ1) is 27.7. The number of piperidine rings is 3. The number of nitriles is 1. The minimum Gasteiger partial charge on any atom is -0.489 e. The van der Waals surface area contributed by atoms with E-state index in [0.29, 0.717) is 52.3 Å². The third kappa shape index (κ3) is 7.10. The summed E-state index contributed by atoms with van der Waals surface area (Å²) in [6, 6.07) is 15.7. The average Bonchev–Trinajstić information content (AvgIpc) is 3.53. The quantitative estimate of drug-likeness (QED) is 0.251. The molecular formula is C45H52ClN7O5. The predicted molar refractivity (Wildman–Crippen MR) is 219 cm³/mol. The Morgan fingerprint density at radius 1 is 0.948 bits per heavy atom. The van der Waals surface area contributed by atoms with Crippen molar-refractivity contribution in [3.05, 3.63) is 87.6 Å². The second kappa shape index (κ2) is 15.3.